The van der Waals surface area contributed by atoms with Gasteiger partial charge in [0.05, 0.1) is 0 Å². The van der Waals surface area contributed by atoms with Gasteiger partial charge in [0, 0.05) is 23.9 Å². The van der Waals surface area contributed by atoms with Crippen LogP contribution < -0.4 is 0 Å². The normalized spacial score (nSPS) is 14.8. The van der Waals surface area contributed by atoms with Crippen LogP contribution in [0.4, 0.5) is 26.3 Å². The summed E-state index contributed by atoms with van der Waals surface area (Å²) in [6.07, 6.45) is 0. The smallest absolute Gasteiger partial charge is 0.205 e. The van der Waals surface area contributed by atoms with Gasteiger partial charge in [-0.15, -0.1) is 0 Å². The van der Waals surface area contributed by atoms with Gasteiger partial charge in [-0.25, -0.2) is 3.38 Å². The maximum Gasteiger partial charge on any atom is 0.456 e. The first-order valence-electron chi connectivity index (χ1n) is 3.63. The summed E-state index contributed by atoms with van der Waals surface area (Å²) in [4.78, 5) is 0. The van der Waals surface area contributed by atoms with E-state index in [1.807, 2.05) is 0 Å². The molecule has 0 aromatic carbocycles. The van der Waals surface area contributed by atoms with Crippen LogP contribution in [0, 0.1) is 0 Å². The number of hydrogen-bond acceptors (Lipinski definition) is 3. The van der Waals surface area contributed by atoms with Crippen molar-refractivity contribution in [3.05, 3.63) is 0 Å². The number of rotatable bonds is 3. The van der Waals surface area contributed by atoms with E-state index in [2.05, 4.69) is 0 Å². The summed E-state index contributed by atoms with van der Waals surface area (Å²) in [6, 6.07) is 0. The molecule has 0 unspecified atom stereocenters. The van der Waals surface area contributed by atoms with E-state index < -0.39 is 43.1 Å². The monoisotopic (exact) mass is 289 g/mol. The Hall–Kier alpha value is 0.457. The van der Waals surface area contributed by atoms with E-state index >= 15 is 0 Å². The highest BCUT2D eigenvalue weighted by Crippen LogP contribution is 2.46. The second-order valence-electron chi connectivity index (χ2n) is 3.50. The van der Waals surface area contributed by atoms with Crippen LogP contribution in [0.3, 0.4) is 0 Å². The van der Waals surface area contributed by atoms with Gasteiger partial charge in [-0.1, -0.05) is 19.6 Å². The molecule has 0 aliphatic carbocycles. The molecular formula is C5H9F6NS2Si. The van der Waals surface area contributed by atoms with Crippen molar-refractivity contribution in [2.45, 2.75) is 30.7 Å². The highest BCUT2D eigenvalue weighted by atomic mass is 32.2. The number of nitrogens with zero attached hydrogens (tertiary/aromatic N) is 1. The Bertz CT molecular complexity index is 193. The maximum absolute atomic E-state index is 12.0. The van der Waals surface area contributed by atoms with Gasteiger partial charge in [0.1, 0.15) is 8.24 Å². The van der Waals surface area contributed by atoms with E-state index in [-0.39, 0.29) is 0 Å². The van der Waals surface area contributed by atoms with E-state index in [1.165, 1.54) is 19.6 Å². The molecule has 0 aromatic heterocycles. The van der Waals surface area contributed by atoms with E-state index in [4.69, 9.17) is 0 Å². The minimum atomic E-state index is -4.70. The second kappa shape index (κ2) is 4.76. The zero-order chi connectivity index (χ0) is 12.5. The summed E-state index contributed by atoms with van der Waals surface area (Å²) in [5.74, 6) is 0. The van der Waals surface area contributed by atoms with Gasteiger partial charge >= 0.3 is 11.0 Å². The average Bonchev–Trinajstić information content (AvgIpc) is 1.75. The lowest BCUT2D eigenvalue weighted by atomic mass is 11.6. The van der Waals surface area contributed by atoms with E-state index in [0.717, 1.165) is 0 Å². The summed E-state index contributed by atoms with van der Waals surface area (Å²) in [5, 5.41) is 0. The van der Waals surface area contributed by atoms with Crippen molar-refractivity contribution in [2.24, 2.45) is 0 Å². The molecule has 0 bridgehead atoms. The molecule has 1 nitrogen and oxygen atoms in total. The highest BCUT2D eigenvalue weighted by molar-refractivity contribution is 8.14. The fourth-order valence-corrected chi connectivity index (χ4v) is 4.32. The van der Waals surface area contributed by atoms with Crippen LogP contribution in [-0.2, 0) is 0 Å². The van der Waals surface area contributed by atoms with Crippen LogP contribution in [0.2, 0.25) is 19.6 Å². The zero-order valence-corrected chi connectivity index (χ0v) is 10.7. The first-order valence-corrected chi connectivity index (χ1v) is 8.62. The summed E-state index contributed by atoms with van der Waals surface area (Å²) in [6.45, 7) is 4.22. The van der Waals surface area contributed by atoms with Gasteiger partial charge in [0.15, 0.2) is 0 Å². The van der Waals surface area contributed by atoms with Crippen LogP contribution in [-0.4, -0.2) is 22.6 Å². The predicted molar refractivity (Wildman–Crippen MR) is 52.5 cm³/mol. The molecule has 0 aromatic rings. The topological polar surface area (TPSA) is 3.24 Å². The van der Waals surface area contributed by atoms with E-state index in [9.17, 15) is 26.3 Å². The maximum atomic E-state index is 12.0. The Morgan fingerprint density at radius 2 is 1.07 bits per heavy atom. The van der Waals surface area contributed by atoms with Crippen LogP contribution >= 0.6 is 23.9 Å². The molecule has 0 amide bonds. The van der Waals surface area contributed by atoms with Crippen molar-refractivity contribution in [2.75, 3.05) is 0 Å². The van der Waals surface area contributed by atoms with Gasteiger partial charge in [-0.05, 0) is 0 Å². The Balaban J connectivity index is 4.62. The van der Waals surface area contributed by atoms with Crippen molar-refractivity contribution in [1.82, 2.24) is 3.38 Å². The van der Waals surface area contributed by atoms with Crippen LogP contribution in [0.25, 0.3) is 0 Å². The van der Waals surface area contributed by atoms with E-state index in [0.29, 0.717) is 3.38 Å². The minimum absolute atomic E-state index is 0.326. The number of alkyl halides is 6. The molecule has 0 N–H and O–H groups in total. The lowest BCUT2D eigenvalue weighted by Crippen LogP contribution is -2.40. The lowest BCUT2D eigenvalue weighted by molar-refractivity contribution is -0.0369. The number of halogens is 6. The average molecular weight is 289 g/mol. The molecule has 0 saturated heterocycles. The SMILES string of the molecule is C[Si](C)(C)N(SC(F)(F)F)SC(F)(F)F. The fraction of sp³-hybridized carbons (Fsp3) is 1.00. The van der Waals surface area contributed by atoms with Gasteiger partial charge in [-0.2, -0.15) is 26.3 Å². The van der Waals surface area contributed by atoms with Crippen LogP contribution in [0.15, 0.2) is 0 Å². The molecule has 0 aliphatic rings. The molecule has 0 heterocycles. The summed E-state index contributed by atoms with van der Waals surface area (Å²) < 4.78 is 72.2. The van der Waals surface area contributed by atoms with Crippen molar-refractivity contribution in [3.8, 4) is 0 Å². The van der Waals surface area contributed by atoms with Crippen molar-refractivity contribution >= 4 is 32.1 Å². The molecule has 0 aliphatic heterocycles. The molecule has 0 rings (SSSR count). The summed E-state index contributed by atoms with van der Waals surface area (Å²) >= 11 is -1.45. The fourth-order valence-electron chi connectivity index (χ4n) is 0.481. The second-order valence-corrected chi connectivity index (χ2v) is 11.2. The van der Waals surface area contributed by atoms with Crippen LogP contribution in [0.5, 0.6) is 0 Å². The molecule has 0 spiro atoms. The molecule has 92 valence electrons. The lowest BCUT2D eigenvalue weighted by Gasteiger charge is -2.31. The Morgan fingerprint density at radius 1 is 0.800 bits per heavy atom. The molecule has 0 fully saturated rings. The quantitative estimate of drug-likeness (QED) is 0.429. The van der Waals surface area contributed by atoms with Crippen molar-refractivity contribution in [3.63, 3.8) is 0 Å². The Morgan fingerprint density at radius 3 is 1.20 bits per heavy atom. The third kappa shape index (κ3) is 8.28. The third-order valence-corrected chi connectivity index (χ3v) is 7.04. The van der Waals surface area contributed by atoms with Gasteiger partial charge in [-0.3, -0.25) is 0 Å². The first-order chi connectivity index (χ1) is 6.31. The third-order valence-electron chi connectivity index (χ3n) is 0.921. The van der Waals surface area contributed by atoms with Crippen LogP contribution in [0.1, 0.15) is 0 Å². The van der Waals surface area contributed by atoms with Crippen molar-refractivity contribution < 1.29 is 26.3 Å². The Labute approximate surface area is 92.9 Å². The molecule has 0 atom stereocenters. The molecule has 15 heavy (non-hydrogen) atoms. The largest absolute Gasteiger partial charge is 0.456 e. The van der Waals surface area contributed by atoms with Gasteiger partial charge in [0.2, 0.25) is 0 Å². The van der Waals surface area contributed by atoms with E-state index in [1.54, 1.807) is 0 Å². The summed E-state index contributed by atoms with van der Waals surface area (Å²) in [7, 11) is -2.69. The van der Waals surface area contributed by atoms with Crippen molar-refractivity contribution in [1.29, 1.82) is 0 Å². The number of hydrogen-bond donors (Lipinski definition) is 0. The standard InChI is InChI=1S/C5H9F6NS2Si/c1-15(2,3)12(13-4(6,7)8)14-5(9,10)11/h1-3H3. The first kappa shape index (κ1) is 15.5. The molecular weight excluding hydrogens is 280 g/mol. The highest BCUT2D eigenvalue weighted by Gasteiger charge is 2.44. The Kier molecular flexibility index (Phi) is 4.90. The predicted octanol–water partition coefficient (Wildman–Crippen LogP) is 4.46. The molecule has 10 heteroatoms. The van der Waals surface area contributed by atoms with Gasteiger partial charge < -0.3 is 0 Å². The summed E-state index contributed by atoms with van der Waals surface area (Å²) in [5.41, 5.74) is -9.39. The zero-order valence-electron chi connectivity index (χ0n) is 8.03. The molecule has 0 saturated carbocycles. The van der Waals surface area contributed by atoms with Gasteiger partial charge in [0.25, 0.3) is 0 Å². The molecule has 0 radical (unpaired) electrons. The minimum Gasteiger partial charge on any atom is -0.205 e.